The number of benzene rings is 1. The van der Waals surface area contributed by atoms with Crippen LogP contribution in [0.25, 0.3) is 0 Å². The van der Waals surface area contributed by atoms with Gasteiger partial charge in [0, 0.05) is 13.0 Å². The van der Waals surface area contributed by atoms with Gasteiger partial charge in [-0.2, -0.15) is 5.10 Å². The van der Waals surface area contributed by atoms with E-state index in [0.29, 0.717) is 0 Å². The highest BCUT2D eigenvalue weighted by Gasteiger charge is 2.45. The Morgan fingerprint density at radius 3 is 2.76 bits per heavy atom. The lowest BCUT2D eigenvalue weighted by atomic mass is 9.64. The molecule has 1 unspecified atom stereocenters. The van der Waals surface area contributed by atoms with Crippen LogP contribution in [0, 0.1) is 5.41 Å². The molecule has 4 rings (SSSR count). The van der Waals surface area contributed by atoms with Gasteiger partial charge in [-0.15, -0.1) is 0 Å². The van der Waals surface area contributed by atoms with Gasteiger partial charge in [-0.1, -0.05) is 43.7 Å². The first-order chi connectivity index (χ1) is 12.2. The molecule has 0 bridgehead atoms. The van der Waals surface area contributed by atoms with Crippen molar-refractivity contribution < 1.29 is 4.79 Å². The van der Waals surface area contributed by atoms with Gasteiger partial charge in [-0.3, -0.25) is 4.79 Å². The summed E-state index contributed by atoms with van der Waals surface area (Å²) in [6, 6.07) is 10.4. The van der Waals surface area contributed by atoms with Crippen LogP contribution in [0.2, 0.25) is 0 Å². The van der Waals surface area contributed by atoms with Crippen molar-refractivity contribution in [1.82, 2.24) is 20.1 Å². The number of carbonyl (C=O) groups excluding carboxylic acids is 1. The van der Waals surface area contributed by atoms with Crippen molar-refractivity contribution in [3.05, 3.63) is 47.5 Å². The molecule has 2 aromatic rings. The molecule has 1 aromatic heterocycles. The van der Waals surface area contributed by atoms with Gasteiger partial charge < -0.3 is 5.32 Å². The van der Waals surface area contributed by atoms with E-state index in [1.807, 2.05) is 10.7 Å². The zero-order chi connectivity index (χ0) is 17.3. The first kappa shape index (κ1) is 16.3. The lowest BCUT2D eigenvalue weighted by molar-refractivity contribution is -0.137. The topological polar surface area (TPSA) is 59.8 Å². The molecule has 0 spiro atoms. The monoisotopic (exact) mass is 338 g/mol. The maximum Gasteiger partial charge on any atom is 0.227 e. The fourth-order valence-electron chi connectivity index (χ4n) is 4.07. The molecule has 1 N–H and O–H groups in total. The van der Waals surface area contributed by atoms with Gasteiger partial charge in [0.25, 0.3) is 0 Å². The summed E-state index contributed by atoms with van der Waals surface area (Å²) in [7, 11) is 0. The molecule has 1 aliphatic heterocycles. The summed E-state index contributed by atoms with van der Waals surface area (Å²) >= 11 is 0. The zero-order valence-electron chi connectivity index (χ0n) is 14.9. The average molecular weight is 338 g/mol. The SMILES string of the molecule is CCc1nc2n(n1)CCCC2NC(=O)C1(Cc2ccccc2)CCC1. The van der Waals surface area contributed by atoms with Crippen LogP contribution >= 0.6 is 0 Å². The summed E-state index contributed by atoms with van der Waals surface area (Å²) in [5, 5.41) is 7.86. The second-order valence-electron chi connectivity index (χ2n) is 7.43. The van der Waals surface area contributed by atoms with Gasteiger partial charge in [0.15, 0.2) is 5.82 Å². The van der Waals surface area contributed by atoms with Crippen LogP contribution in [0.1, 0.15) is 62.3 Å². The Labute approximate surface area is 148 Å². The van der Waals surface area contributed by atoms with Crippen molar-refractivity contribution >= 4 is 5.91 Å². The molecule has 1 fully saturated rings. The number of hydrogen-bond acceptors (Lipinski definition) is 3. The molecule has 5 nitrogen and oxygen atoms in total. The number of nitrogens with one attached hydrogen (secondary N) is 1. The van der Waals surface area contributed by atoms with Crippen LogP contribution in [0.4, 0.5) is 0 Å². The molecule has 2 aliphatic rings. The molecular weight excluding hydrogens is 312 g/mol. The Kier molecular flexibility index (Phi) is 4.32. The fourth-order valence-corrected chi connectivity index (χ4v) is 4.07. The van der Waals surface area contributed by atoms with Crippen LogP contribution in [0.15, 0.2) is 30.3 Å². The zero-order valence-corrected chi connectivity index (χ0v) is 14.9. The minimum absolute atomic E-state index is 0.00213. The first-order valence-electron chi connectivity index (χ1n) is 9.49. The second kappa shape index (κ2) is 6.62. The maximum absolute atomic E-state index is 13.1. The number of carbonyl (C=O) groups is 1. The molecule has 0 saturated heterocycles. The molecule has 5 heteroatoms. The summed E-state index contributed by atoms with van der Waals surface area (Å²) in [4.78, 5) is 17.8. The number of hydrogen-bond donors (Lipinski definition) is 1. The predicted molar refractivity (Wildman–Crippen MR) is 95.9 cm³/mol. The van der Waals surface area contributed by atoms with Gasteiger partial charge >= 0.3 is 0 Å². The van der Waals surface area contributed by atoms with E-state index in [1.54, 1.807) is 0 Å². The van der Waals surface area contributed by atoms with E-state index in [2.05, 4.69) is 46.6 Å². The molecule has 25 heavy (non-hydrogen) atoms. The quantitative estimate of drug-likeness (QED) is 0.911. The normalized spacial score (nSPS) is 21.2. The Hall–Kier alpha value is -2.17. The lowest BCUT2D eigenvalue weighted by Gasteiger charge is -2.41. The number of nitrogens with zero attached hydrogens (tertiary/aromatic N) is 3. The van der Waals surface area contributed by atoms with Gasteiger partial charge in [0.05, 0.1) is 11.5 Å². The van der Waals surface area contributed by atoms with E-state index in [-0.39, 0.29) is 17.4 Å². The lowest BCUT2D eigenvalue weighted by Crippen LogP contribution is -2.49. The molecule has 1 aromatic carbocycles. The van der Waals surface area contributed by atoms with Gasteiger partial charge in [-0.05, 0) is 37.7 Å². The van der Waals surface area contributed by atoms with Crippen molar-refractivity contribution in [2.75, 3.05) is 0 Å². The Morgan fingerprint density at radius 2 is 2.08 bits per heavy atom. The van der Waals surface area contributed by atoms with E-state index < -0.39 is 0 Å². The summed E-state index contributed by atoms with van der Waals surface area (Å²) in [5.41, 5.74) is 1.01. The predicted octanol–water partition coefficient (Wildman–Crippen LogP) is 3.20. The summed E-state index contributed by atoms with van der Waals surface area (Å²) in [6.45, 7) is 2.97. The van der Waals surface area contributed by atoms with E-state index in [0.717, 1.165) is 63.1 Å². The molecule has 1 aliphatic carbocycles. The Balaban J connectivity index is 1.51. The minimum Gasteiger partial charge on any atom is -0.346 e. The third-order valence-corrected chi connectivity index (χ3v) is 5.72. The van der Waals surface area contributed by atoms with Crippen molar-refractivity contribution in [1.29, 1.82) is 0 Å². The summed E-state index contributed by atoms with van der Waals surface area (Å²) in [6.07, 6.45) is 6.75. The average Bonchev–Trinajstić information content (AvgIpc) is 3.03. The van der Waals surface area contributed by atoms with Crippen molar-refractivity contribution in [2.45, 2.75) is 64.5 Å². The highest BCUT2D eigenvalue weighted by molar-refractivity contribution is 5.84. The van der Waals surface area contributed by atoms with Crippen molar-refractivity contribution in [2.24, 2.45) is 5.41 Å². The molecule has 1 amide bonds. The molecule has 0 radical (unpaired) electrons. The molecular formula is C20H26N4O. The smallest absolute Gasteiger partial charge is 0.227 e. The molecule has 1 saturated carbocycles. The number of amides is 1. The van der Waals surface area contributed by atoms with E-state index in [4.69, 9.17) is 0 Å². The Morgan fingerprint density at radius 1 is 1.28 bits per heavy atom. The molecule has 1 atom stereocenters. The first-order valence-corrected chi connectivity index (χ1v) is 9.49. The van der Waals surface area contributed by atoms with Crippen LogP contribution in [0.5, 0.6) is 0 Å². The maximum atomic E-state index is 13.1. The largest absolute Gasteiger partial charge is 0.346 e. The number of rotatable bonds is 5. The number of aromatic nitrogens is 3. The third-order valence-electron chi connectivity index (χ3n) is 5.72. The summed E-state index contributed by atoms with van der Waals surface area (Å²) < 4.78 is 1.98. The van der Waals surface area contributed by atoms with Gasteiger partial charge in [0.2, 0.25) is 5.91 Å². The standard InChI is InChI=1S/C20H26N4O/c1-2-17-22-18-16(10-6-13-24(18)23-17)21-19(25)20(11-7-12-20)14-15-8-4-3-5-9-15/h3-5,8-9,16H,2,6-7,10-14H2,1H3,(H,21,25). The number of aryl methyl sites for hydroxylation is 2. The van der Waals surface area contributed by atoms with Crippen LogP contribution in [-0.2, 0) is 24.2 Å². The van der Waals surface area contributed by atoms with Crippen molar-refractivity contribution in [3.8, 4) is 0 Å². The van der Waals surface area contributed by atoms with Crippen LogP contribution in [0.3, 0.4) is 0 Å². The Bertz CT molecular complexity index is 748. The van der Waals surface area contributed by atoms with Crippen molar-refractivity contribution in [3.63, 3.8) is 0 Å². The van der Waals surface area contributed by atoms with E-state index in [9.17, 15) is 4.79 Å². The third kappa shape index (κ3) is 3.08. The molecule has 132 valence electrons. The second-order valence-corrected chi connectivity index (χ2v) is 7.43. The van der Waals surface area contributed by atoms with Gasteiger partial charge in [-0.25, -0.2) is 9.67 Å². The highest BCUT2D eigenvalue weighted by atomic mass is 16.2. The number of fused-ring (bicyclic) bond motifs is 1. The van der Waals surface area contributed by atoms with E-state index in [1.165, 1.54) is 5.56 Å². The minimum atomic E-state index is -0.239. The van der Waals surface area contributed by atoms with Gasteiger partial charge in [0.1, 0.15) is 5.82 Å². The summed E-state index contributed by atoms with van der Waals surface area (Å²) in [5.74, 6) is 2.01. The fraction of sp³-hybridized carbons (Fsp3) is 0.550. The highest BCUT2D eigenvalue weighted by Crippen LogP contribution is 2.44. The molecule has 2 heterocycles. The van der Waals surface area contributed by atoms with Crippen LogP contribution in [-0.4, -0.2) is 20.7 Å². The van der Waals surface area contributed by atoms with Crippen LogP contribution < -0.4 is 5.32 Å². The van der Waals surface area contributed by atoms with E-state index >= 15 is 0 Å².